The van der Waals surface area contributed by atoms with Gasteiger partial charge in [-0.25, -0.2) is 0 Å². The van der Waals surface area contributed by atoms with Crippen molar-refractivity contribution < 1.29 is 14.2 Å². The maximum Gasteiger partial charge on any atom is 0.189 e. The van der Waals surface area contributed by atoms with E-state index in [1.807, 2.05) is 30.3 Å². The van der Waals surface area contributed by atoms with E-state index in [1.54, 1.807) is 25.3 Å². The lowest BCUT2D eigenvalue weighted by Gasteiger charge is -2.12. The van der Waals surface area contributed by atoms with Crippen molar-refractivity contribution >= 4 is 17.2 Å². The van der Waals surface area contributed by atoms with Crippen molar-refractivity contribution in [2.45, 2.75) is 6.61 Å². The zero-order valence-corrected chi connectivity index (χ0v) is 12.6. The van der Waals surface area contributed by atoms with Gasteiger partial charge < -0.3 is 19.9 Å². The molecule has 0 aliphatic carbocycles. The van der Waals surface area contributed by atoms with Gasteiger partial charge in [0.2, 0.25) is 0 Å². The van der Waals surface area contributed by atoms with Gasteiger partial charge in [-0.05, 0) is 23.8 Å². The normalized spacial score (nSPS) is 10.1. The summed E-state index contributed by atoms with van der Waals surface area (Å²) in [6, 6.07) is 15.2. The molecule has 0 saturated carbocycles. The highest BCUT2D eigenvalue weighted by Gasteiger charge is 2.07. The van der Waals surface area contributed by atoms with Crippen molar-refractivity contribution in [1.82, 2.24) is 0 Å². The third kappa shape index (κ3) is 4.44. The molecule has 0 bridgehead atoms. The van der Waals surface area contributed by atoms with Gasteiger partial charge in [-0.2, -0.15) is 0 Å². The highest BCUT2D eigenvalue weighted by atomic mass is 32.1. The summed E-state index contributed by atoms with van der Waals surface area (Å²) in [5.74, 6) is 1.16. The molecule has 0 atom stereocenters. The summed E-state index contributed by atoms with van der Waals surface area (Å²) in [7, 11) is 1.57. The molecule has 0 fully saturated rings. The number of nitrogens with two attached hydrogens (primary N) is 1. The summed E-state index contributed by atoms with van der Waals surface area (Å²) in [6.07, 6.45) is 0. The van der Waals surface area contributed by atoms with Crippen LogP contribution in [0.25, 0.3) is 0 Å². The Hall–Kier alpha value is -2.11. The lowest BCUT2D eigenvalue weighted by molar-refractivity contribution is 0.00376. The van der Waals surface area contributed by atoms with E-state index in [-0.39, 0.29) is 6.79 Å². The predicted molar refractivity (Wildman–Crippen MR) is 85.6 cm³/mol. The maximum absolute atomic E-state index is 5.58. The first-order valence-electron chi connectivity index (χ1n) is 6.43. The lowest BCUT2D eigenvalue weighted by atomic mass is 10.2. The van der Waals surface area contributed by atoms with Crippen LogP contribution in [0.4, 0.5) is 0 Å². The van der Waals surface area contributed by atoms with Gasteiger partial charge in [0.25, 0.3) is 0 Å². The fourth-order valence-corrected chi connectivity index (χ4v) is 1.91. The van der Waals surface area contributed by atoms with Crippen molar-refractivity contribution in [1.29, 1.82) is 0 Å². The Labute approximate surface area is 129 Å². The van der Waals surface area contributed by atoms with Crippen LogP contribution in [0.15, 0.2) is 48.5 Å². The topological polar surface area (TPSA) is 53.7 Å². The van der Waals surface area contributed by atoms with Gasteiger partial charge in [0, 0.05) is 5.56 Å². The largest absolute Gasteiger partial charge is 0.493 e. The van der Waals surface area contributed by atoms with Crippen LogP contribution in [0, 0.1) is 0 Å². The maximum atomic E-state index is 5.58. The van der Waals surface area contributed by atoms with Crippen LogP contribution < -0.4 is 15.2 Å². The predicted octanol–water partition coefficient (Wildman–Crippen LogP) is 2.88. The molecule has 0 saturated heterocycles. The number of thiocarbonyl (C=S) groups is 1. The van der Waals surface area contributed by atoms with Crippen LogP contribution in [0.5, 0.6) is 11.5 Å². The van der Waals surface area contributed by atoms with Crippen LogP contribution in [0.1, 0.15) is 11.1 Å². The number of benzene rings is 2. The van der Waals surface area contributed by atoms with Gasteiger partial charge in [0.05, 0.1) is 13.7 Å². The Morgan fingerprint density at radius 1 is 1.10 bits per heavy atom. The molecule has 0 amide bonds. The molecule has 4 nitrogen and oxygen atoms in total. The van der Waals surface area contributed by atoms with E-state index >= 15 is 0 Å². The second-order valence-corrected chi connectivity index (χ2v) is 4.77. The number of ether oxygens (including phenoxy) is 3. The van der Waals surface area contributed by atoms with E-state index in [1.165, 1.54) is 0 Å². The van der Waals surface area contributed by atoms with Crippen LogP contribution >= 0.6 is 12.2 Å². The van der Waals surface area contributed by atoms with Gasteiger partial charge in [-0.1, -0.05) is 42.5 Å². The van der Waals surface area contributed by atoms with Gasteiger partial charge in [-0.15, -0.1) is 0 Å². The third-order valence-electron chi connectivity index (χ3n) is 2.86. The average molecular weight is 303 g/mol. The molecular formula is C16H17NO3S. The van der Waals surface area contributed by atoms with Gasteiger partial charge in [0.15, 0.2) is 18.3 Å². The minimum atomic E-state index is 0.137. The zero-order valence-electron chi connectivity index (χ0n) is 11.7. The van der Waals surface area contributed by atoms with Gasteiger partial charge in [-0.3, -0.25) is 0 Å². The monoisotopic (exact) mass is 303 g/mol. The molecule has 2 N–H and O–H groups in total. The van der Waals surface area contributed by atoms with E-state index < -0.39 is 0 Å². The Kier molecular flexibility index (Phi) is 5.54. The fraction of sp³-hybridized carbons (Fsp3) is 0.188. The summed E-state index contributed by atoms with van der Waals surface area (Å²) in [4.78, 5) is 0.320. The average Bonchev–Trinajstić information content (AvgIpc) is 2.52. The molecule has 0 aliphatic heterocycles. The highest BCUT2D eigenvalue weighted by Crippen LogP contribution is 2.28. The van der Waals surface area contributed by atoms with Crippen molar-refractivity contribution in [2.75, 3.05) is 13.9 Å². The van der Waals surface area contributed by atoms with Crippen LogP contribution in [-0.4, -0.2) is 18.9 Å². The molecular weight excluding hydrogens is 286 g/mol. The molecule has 0 heterocycles. The minimum absolute atomic E-state index is 0.137. The first-order chi connectivity index (χ1) is 10.2. The van der Waals surface area contributed by atoms with E-state index in [2.05, 4.69) is 0 Å². The first kappa shape index (κ1) is 15.3. The third-order valence-corrected chi connectivity index (χ3v) is 3.09. The van der Waals surface area contributed by atoms with Crippen LogP contribution in [0.3, 0.4) is 0 Å². The van der Waals surface area contributed by atoms with E-state index in [0.717, 1.165) is 11.1 Å². The molecule has 0 unspecified atom stereocenters. The van der Waals surface area contributed by atoms with Gasteiger partial charge >= 0.3 is 0 Å². The van der Waals surface area contributed by atoms with Crippen molar-refractivity contribution in [3.63, 3.8) is 0 Å². The van der Waals surface area contributed by atoms with E-state index in [0.29, 0.717) is 23.1 Å². The summed E-state index contributed by atoms with van der Waals surface area (Å²) in [5.41, 5.74) is 7.41. The van der Waals surface area contributed by atoms with E-state index in [4.69, 9.17) is 32.2 Å². The number of methoxy groups -OCH3 is 1. The molecule has 5 heteroatoms. The van der Waals surface area contributed by atoms with Crippen LogP contribution in [0.2, 0.25) is 0 Å². The standard InChI is InChI=1S/C16H17NO3S/c1-18-15-9-13(16(17)21)7-8-14(15)20-11-19-10-12-5-3-2-4-6-12/h2-9H,10-11H2,1H3,(H2,17,21). The SMILES string of the molecule is COc1cc(C(N)=S)ccc1OCOCc1ccccc1. The van der Waals surface area contributed by atoms with E-state index in [9.17, 15) is 0 Å². The number of hydrogen-bond acceptors (Lipinski definition) is 4. The Bertz CT molecular complexity index is 602. The Morgan fingerprint density at radius 3 is 2.52 bits per heavy atom. The minimum Gasteiger partial charge on any atom is -0.493 e. The van der Waals surface area contributed by atoms with Crippen LogP contribution in [-0.2, 0) is 11.3 Å². The molecule has 0 spiro atoms. The van der Waals surface area contributed by atoms with Gasteiger partial charge in [0.1, 0.15) is 4.99 Å². The molecule has 0 aromatic heterocycles. The second kappa shape index (κ2) is 7.61. The summed E-state index contributed by atoms with van der Waals surface area (Å²) >= 11 is 4.93. The quantitative estimate of drug-likeness (QED) is 0.484. The molecule has 110 valence electrons. The molecule has 2 aromatic rings. The lowest BCUT2D eigenvalue weighted by Crippen LogP contribution is -2.10. The van der Waals surface area contributed by atoms with Crippen molar-refractivity contribution in [3.8, 4) is 11.5 Å². The first-order valence-corrected chi connectivity index (χ1v) is 6.84. The summed E-state index contributed by atoms with van der Waals surface area (Å²) < 4.78 is 16.3. The zero-order chi connectivity index (χ0) is 15.1. The summed E-state index contributed by atoms with van der Waals surface area (Å²) in [5, 5.41) is 0. The summed E-state index contributed by atoms with van der Waals surface area (Å²) in [6.45, 7) is 0.631. The molecule has 0 radical (unpaired) electrons. The number of hydrogen-bond donors (Lipinski definition) is 1. The molecule has 2 rings (SSSR count). The van der Waals surface area contributed by atoms with Crippen molar-refractivity contribution in [3.05, 3.63) is 59.7 Å². The fourth-order valence-electron chi connectivity index (χ4n) is 1.78. The smallest absolute Gasteiger partial charge is 0.189 e. The second-order valence-electron chi connectivity index (χ2n) is 4.33. The Morgan fingerprint density at radius 2 is 1.86 bits per heavy atom. The molecule has 21 heavy (non-hydrogen) atoms. The molecule has 2 aromatic carbocycles. The number of rotatable bonds is 7. The molecule has 0 aliphatic rings. The Balaban J connectivity index is 1.89. The van der Waals surface area contributed by atoms with Crippen molar-refractivity contribution in [2.24, 2.45) is 5.73 Å². The highest BCUT2D eigenvalue weighted by molar-refractivity contribution is 7.80.